The zero-order valence-electron chi connectivity index (χ0n) is 27.7. The number of nitriles is 1. The molecule has 15 heteroatoms. The summed E-state index contributed by atoms with van der Waals surface area (Å²) in [6, 6.07) is 15.3. The van der Waals surface area contributed by atoms with Gasteiger partial charge in [-0.3, -0.25) is 4.90 Å². The summed E-state index contributed by atoms with van der Waals surface area (Å²) in [7, 11) is 0. The highest BCUT2D eigenvalue weighted by molar-refractivity contribution is 6.31. The summed E-state index contributed by atoms with van der Waals surface area (Å²) in [6.07, 6.45) is 6.72. The van der Waals surface area contributed by atoms with Crippen LogP contribution in [0, 0.1) is 17.3 Å². The SMILES string of the molecule is N#COc1cc(NC(=O)NCCc2ccc3c(n2)NCCC3)cc(OCN(C(=O)NCCc2ccc3c(n2)NCCC3)c2ccc(F)c(Cl)c2)c1. The second-order valence-corrected chi connectivity index (χ2v) is 12.4. The molecule has 2 aromatic heterocycles. The Balaban J connectivity index is 1.08. The fraction of sp³-hybridized carbons (Fsp3) is 0.306. The molecule has 0 aliphatic carbocycles. The monoisotopic (exact) mass is 713 g/mol. The number of amides is 4. The van der Waals surface area contributed by atoms with Gasteiger partial charge in [-0.15, -0.1) is 5.26 Å². The Hall–Kier alpha value is -5.81. The van der Waals surface area contributed by atoms with Gasteiger partial charge in [0.1, 0.15) is 29.0 Å². The lowest BCUT2D eigenvalue weighted by Crippen LogP contribution is -2.43. The van der Waals surface area contributed by atoms with E-state index in [2.05, 4.69) is 48.7 Å². The van der Waals surface area contributed by atoms with Crippen LogP contribution >= 0.6 is 11.6 Å². The summed E-state index contributed by atoms with van der Waals surface area (Å²) >= 11 is 6.06. The number of nitrogens with zero attached hydrogens (tertiary/aromatic N) is 4. The molecule has 4 aromatic rings. The van der Waals surface area contributed by atoms with E-state index in [1.807, 2.05) is 12.1 Å². The summed E-state index contributed by atoms with van der Waals surface area (Å²) in [4.78, 5) is 36.8. The maximum atomic E-state index is 14.0. The third-order valence-corrected chi connectivity index (χ3v) is 8.64. The van der Waals surface area contributed by atoms with Gasteiger partial charge in [-0.25, -0.2) is 23.9 Å². The van der Waals surface area contributed by atoms with Crippen LogP contribution in [0.2, 0.25) is 5.02 Å². The lowest BCUT2D eigenvalue weighted by molar-refractivity contribution is 0.236. The molecule has 0 radical (unpaired) electrons. The van der Waals surface area contributed by atoms with E-state index in [4.69, 9.17) is 26.3 Å². The number of hydrogen-bond acceptors (Lipinski definition) is 9. The van der Waals surface area contributed by atoms with Crippen molar-refractivity contribution >= 4 is 46.7 Å². The van der Waals surface area contributed by atoms with Crippen molar-refractivity contribution in [3.05, 3.63) is 94.0 Å². The Morgan fingerprint density at radius 3 is 2.18 bits per heavy atom. The first kappa shape index (κ1) is 35.0. The molecule has 4 heterocycles. The standard InChI is InChI=1S/C36H37ClFN9O4/c37-31-19-28(9-10-32(31)38)47(36(49)43-16-12-26-8-6-24-4-2-14-41-34(24)45-26)22-51-30-18-27(17-29(20-30)50-21-39)46-35(48)42-15-11-25-7-5-23-3-1-13-40-33(23)44-25/h5-10,17-20H,1-4,11-16,22H2,(H,40,44)(H,41,45)(H,43,49)(H2,42,46,48). The van der Waals surface area contributed by atoms with E-state index in [9.17, 15) is 14.0 Å². The molecule has 0 bridgehead atoms. The van der Waals surface area contributed by atoms with Crippen molar-refractivity contribution in [3.8, 4) is 17.8 Å². The molecule has 0 unspecified atom stereocenters. The van der Waals surface area contributed by atoms with E-state index < -0.39 is 17.9 Å². The molecule has 2 aliphatic heterocycles. The first-order valence-electron chi connectivity index (χ1n) is 16.7. The summed E-state index contributed by atoms with van der Waals surface area (Å²) in [5.74, 6) is 1.41. The van der Waals surface area contributed by atoms with Gasteiger partial charge in [0.2, 0.25) is 0 Å². The molecule has 2 aliphatic rings. The number of aromatic nitrogens is 2. The first-order valence-corrected chi connectivity index (χ1v) is 17.1. The smallest absolute Gasteiger partial charge is 0.324 e. The number of aryl methyl sites for hydroxylation is 2. The van der Waals surface area contributed by atoms with E-state index in [-0.39, 0.29) is 41.2 Å². The number of anilines is 4. The van der Waals surface area contributed by atoms with Crippen molar-refractivity contribution in [2.24, 2.45) is 0 Å². The van der Waals surface area contributed by atoms with Crippen molar-refractivity contribution in [2.45, 2.75) is 38.5 Å². The summed E-state index contributed by atoms with van der Waals surface area (Å²) in [5.41, 5.74) is 4.59. The molecule has 2 aromatic carbocycles. The number of benzene rings is 2. The average Bonchev–Trinajstić information content (AvgIpc) is 3.13. The Labute approximate surface area is 299 Å². The molecule has 264 valence electrons. The molecule has 0 spiro atoms. The minimum Gasteiger partial charge on any atom is -0.472 e. The van der Waals surface area contributed by atoms with Gasteiger partial charge in [0.25, 0.3) is 6.26 Å². The normalized spacial score (nSPS) is 12.9. The largest absolute Gasteiger partial charge is 0.472 e. The number of pyridine rings is 2. The Kier molecular flexibility index (Phi) is 11.5. The van der Waals surface area contributed by atoms with Crippen molar-refractivity contribution in [2.75, 3.05) is 53.8 Å². The van der Waals surface area contributed by atoms with Crippen molar-refractivity contribution < 1.29 is 23.5 Å². The summed E-state index contributed by atoms with van der Waals surface area (Å²) < 4.78 is 25.0. The zero-order chi connectivity index (χ0) is 35.6. The molecule has 6 rings (SSSR count). The van der Waals surface area contributed by atoms with Gasteiger partial charge in [-0.05, 0) is 67.1 Å². The number of carbonyl (C=O) groups is 2. The van der Waals surface area contributed by atoms with E-state index in [0.717, 1.165) is 67.9 Å². The second-order valence-electron chi connectivity index (χ2n) is 12.0. The quantitative estimate of drug-likeness (QED) is 0.0874. The topological polar surface area (TPSA) is 166 Å². The number of urea groups is 2. The average molecular weight is 714 g/mol. The minimum absolute atomic E-state index is 0.101. The molecule has 0 saturated heterocycles. The van der Waals surface area contributed by atoms with E-state index in [0.29, 0.717) is 19.4 Å². The number of hydrogen-bond donors (Lipinski definition) is 5. The minimum atomic E-state index is -0.639. The van der Waals surface area contributed by atoms with Gasteiger partial charge in [0.15, 0.2) is 6.73 Å². The van der Waals surface area contributed by atoms with Crippen LogP contribution in [0.3, 0.4) is 0 Å². The van der Waals surface area contributed by atoms with E-state index in [1.165, 1.54) is 46.4 Å². The van der Waals surface area contributed by atoms with Crippen LogP contribution in [-0.2, 0) is 25.7 Å². The second kappa shape index (κ2) is 16.7. The molecular formula is C36H37ClFN9O4. The molecule has 51 heavy (non-hydrogen) atoms. The number of halogens is 2. The van der Waals surface area contributed by atoms with Gasteiger partial charge in [-0.2, -0.15) is 0 Å². The molecule has 0 saturated carbocycles. The van der Waals surface area contributed by atoms with Gasteiger partial charge in [0, 0.05) is 74.3 Å². The van der Waals surface area contributed by atoms with Crippen LogP contribution in [0.4, 0.5) is 37.0 Å². The first-order chi connectivity index (χ1) is 24.8. The Morgan fingerprint density at radius 2 is 1.53 bits per heavy atom. The Bertz CT molecular complexity index is 1940. The molecule has 0 atom stereocenters. The van der Waals surface area contributed by atoms with Crippen molar-refractivity contribution in [3.63, 3.8) is 0 Å². The van der Waals surface area contributed by atoms with Gasteiger partial charge >= 0.3 is 12.1 Å². The van der Waals surface area contributed by atoms with Crippen molar-refractivity contribution in [1.29, 1.82) is 5.26 Å². The molecule has 5 N–H and O–H groups in total. The van der Waals surface area contributed by atoms with Crippen LogP contribution < -0.4 is 41.0 Å². The molecule has 4 amide bonds. The van der Waals surface area contributed by atoms with Gasteiger partial charge < -0.3 is 36.1 Å². The molecule has 13 nitrogen and oxygen atoms in total. The third-order valence-electron chi connectivity index (χ3n) is 8.35. The number of fused-ring (bicyclic) bond motifs is 2. The summed E-state index contributed by atoms with van der Waals surface area (Å²) in [6.45, 7) is 2.03. The summed E-state index contributed by atoms with van der Waals surface area (Å²) in [5, 5.41) is 24.0. The van der Waals surface area contributed by atoms with Crippen molar-refractivity contribution in [1.82, 2.24) is 20.6 Å². The lowest BCUT2D eigenvalue weighted by atomic mass is 10.1. The predicted molar refractivity (Wildman–Crippen MR) is 192 cm³/mol. The van der Waals surface area contributed by atoms with Crippen LogP contribution in [0.25, 0.3) is 0 Å². The number of ether oxygens (including phenoxy) is 2. The fourth-order valence-electron chi connectivity index (χ4n) is 5.77. The highest BCUT2D eigenvalue weighted by Crippen LogP contribution is 2.28. The Morgan fingerprint density at radius 1 is 0.882 bits per heavy atom. The number of carbonyl (C=O) groups excluding carboxylic acids is 2. The molecular weight excluding hydrogens is 677 g/mol. The van der Waals surface area contributed by atoms with Gasteiger partial charge in [-0.1, -0.05) is 23.7 Å². The highest BCUT2D eigenvalue weighted by atomic mass is 35.5. The zero-order valence-corrected chi connectivity index (χ0v) is 28.5. The van der Waals surface area contributed by atoms with E-state index in [1.54, 1.807) is 6.26 Å². The maximum absolute atomic E-state index is 14.0. The number of nitrogens with one attached hydrogen (secondary N) is 5. The highest BCUT2D eigenvalue weighted by Gasteiger charge is 2.19. The van der Waals surface area contributed by atoms with Crippen LogP contribution in [0.5, 0.6) is 11.5 Å². The van der Waals surface area contributed by atoms with E-state index >= 15 is 0 Å². The van der Waals surface area contributed by atoms with Crippen LogP contribution in [0.15, 0.2) is 60.7 Å². The maximum Gasteiger partial charge on any atom is 0.324 e. The van der Waals surface area contributed by atoms with Crippen LogP contribution in [-0.4, -0.2) is 54.9 Å². The number of rotatable bonds is 12. The van der Waals surface area contributed by atoms with Gasteiger partial charge in [0.05, 0.1) is 10.7 Å². The lowest BCUT2D eigenvalue weighted by Gasteiger charge is -2.24. The van der Waals surface area contributed by atoms with Crippen LogP contribution in [0.1, 0.15) is 35.4 Å². The predicted octanol–water partition coefficient (Wildman–Crippen LogP) is 6.00. The third kappa shape index (κ3) is 9.46. The molecule has 0 fully saturated rings. The fourth-order valence-corrected chi connectivity index (χ4v) is 5.94.